The van der Waals surface area contributed by atoms with Crippen LogP contribution in [0.2, 0.25) is 0 Å². The van der Waals surface area contributed by atoms with Gasteiger partial charge in [0.25, 0.3) is 0 Å². The van der Waals surface area contributed by atoms with Crippen molar-refractivity contribution in [1.82, 2.24) is 4.90 Å². The lowest BCUT2D eigenvalue weighted by molar-refractivity contribution is -0.115. The maximum absolute atomic E-state index is 12.0. The number of halogens is 1. The molecule has 156 valence electrons. The summed E-state index contributed by atoms with van der Waals surface area (Å²) in [6, 6.07) is 21.2. The van der Waals surface area contributed by atoms with Crippen LogP contribution < -0.4 is 0 Å². The summed E-state index contributed by atoms with van der Waals surface area (Å²) in [5.74, 6) is -0.119. The van der Waals surface area contributed by atoms with E-state index in [4.69, 9.17) is 0 Å². The minimum Gasteiger partial charge on any atom is -0.303 e. The van der Waals surface area contributed by atoms with Crippen molar-refractivity contribution >= 4 is 24.0 Å². The van der Waals surface area contributed by atoms with E-state index in [1.807, 2.05) is 0 Å². The van der Waals surface area contributed by atoms with Gasteiger partial charge in [-0.3, -0.25) is 4.79 Å². The first kappa shape index (κ1) is 23.3. The smallest absolute Gasteiger partial charge is 0.242 e. The molecule has 2 aromatic carbocycles. The molecule has 3 nitrogen and oxygen atoms in total. The Balaban J connectivity index is 0.00000300. The molecule has 1 amide bonds. The van der Waals surface area contributed by atoms with Crippen molar-refractivity contribution in [2.24, 2.45) is 4.99 Å². The SMILES string of the molecule is CCC(=NC(C)=O)C(CCN1CCCCC1)(c1ccccc1)c1ccccc1.Cl. The second-order valence-electron chi connectivity index (χ2n) is 7.72. The Hall–Kier alpha value is -1.97. The lowest BCUT2D eigenvalue weighted by atomic mass is 9.67. The summed E-state index contributed by atoms with van der Waals surface area (Å²) in [6.45, 7) is 7.03. The standard InChI is InChI=1S/C25H32N2O.ClH/c1-3-24(26-21(2)28)25(22-13-7-4-8-14-22,23-15-9-5-10-16-23)17-20-27-18-11-6-12-19-27;/h4-5,7-10,13-16H,3,6,11-12,17-20H2,1-2H3;1H. The first-order valence-corrected chi connectivity index (χ1v) is 10.6. The van der Waals surface area contributed by atoms with Gasteiger partial charge < -0.3 is 4.90 Å². The van der Waals surface area contributed by atoms with Gasteiger partial charge in [-0.15, -0.1) is 12.4 Å². The normalized spacial score (nSPS) is 15.6. The Labute approximate surface area is 181 Å². The number of carbonyl (C=O) groups is 1. The Morgan fingerprint density at radius 1 is 0.931 bits per heavy atom. The van der Waals surface area contributed by atoms with Gasteiger partial charge in [-0.25, -0.2) is 4.99 Å². The lowest BCUT2D eigenvalue weighted by Crippen LogP contribution is -2.42. The zero-order valence-corrected chi connectivity index (χ0v) is 18.5. The number of hydrogen-bond donors (Lipinski definition) is 0. The molecule has 1 saturated heterocycles. The minimum absolute atomic E-state index is 0. The molecule has 1 aliphatic rings. The van der Waals surface area contributed by atoms with E-state index in [0.717, 1.165) is 25.1 Å². The van der Waals surface area contributed by atoms with E-state index < -0.39 is 0 Å². The lowest BCUT2D eigenvalue weighted by Gasteiger charge is -2.39. The number of piperidine rings is 1. The maximum atomic E-state index is 12.0. The van der Waals surface area contributed by atoms with Crippen molar-refractivity contribution in [3.05, 3.63) is 71.8 Å². The number of amides is 1. The van der Waals surface area contributed by atoms with Gasteiger partial charge in [-0.1, -0.05) is 74.0 Å². The van der Waals surface area contributed by atoms with E-state index in [9.17, 15) is 4.79 Å². The molecule has 1 heterocycles. The minimum atomic E-state index is -0.375. The van der Waals surface area contributed by atoms with Gasteiger partial charge in [0, 0.05) is 12.6 Å². The predicted molar refractivity (Wildman–Crippen MR) is 124 cm³/mol. The molecule has 0 atom stereocenters. The Morgan fingerprint density at radius 3 is 1.90 bits per heavy atom. The van der Waals surface area contributed by atoms with Crippen LogP contribution in [0, 0.1) is 0 Å². The third kappa shape index (κ3) is 5.55. The fourth-order valence-corrected chi connectivity index (χ4v) is 4.55. The molecule has 0 radical (unpaired) electrons. The van der Waals surface area contributed by atoms with Crippen molar-refractivity contribution in [2.75, 3.05) is 19.6 Å². The molecule has 0 bridgehead atoms. The highest BCUT2D eigenvalue weighted by Gasteiger charge is 2.39. The van der Waals surface area contributed by atoms with Gasteiger partial charge in [0.05, 0.1) is 5.41 Å². The Bertz CT molecular complexity index is 743. The average Bonchev–Trinajstić information content (AvgIpc) is 2.75. The zero-order chi connectivity index (χ0) is 19.8. The molecule has 0 aromatic heterocycles. The number of likely N-dealkylation sites (tertiary alicyclic amines) is 1. The summed E-state index contributed by atoms with van der Waals surface area (Å²) < 4.78 is 0. The van der Waals surface area contributed by atoms with E-state index in [1.165, 1.54) is 43.5 Å². The van der Waals surface area contributed by atoms with Gasteiger partial charge in [-0.05, 0) is 56.4 Å². The summed E-state index contributed by atoms with van der Waals surface area (Å²) in [4.78, 5) is 19.1. The molecule has 1 fully saturated rings. The van der Waals surface area contributed by atoms with Crippen LogP contribution in [0.1, 0.15) is 57.1 Å². The second-order valence-corrected chi connectivity index (χ2v) is 7.72. The van der Waals surface area contributed by atoms with Crippen LogP contribution in [0.15, 0.2) is 65.7 Å². The average molecular weight is 413 g/mol. The van der Waals surface area contributed by atoms with Crippen molar-refractivity contribution in [1.29, 1.82) is 0 Å². The van der Waals surface area contributed by atoms with E-state index in [2.05, 4.69) is 77.5 Å². The number of aliphatic imine (C=N–C) groups is 1. The molecule has 0 spiro atoms. The molecule has 0 aliphatic carbocycles. The number of carbonyl (C=O) groups excluding carboxylic acids is 1. The number of nitrogens with zero attached hydrogens (tertiary/aromatic N) is 2. The molecular formula is C25H33ClN2O. The monoisotopic (exact) mass is 412 g/mol. The fourth-order valence-electron chi connectivity index (χ4n) is 4.55. The first-order chi connectivity index (χ1) is 13.7. The van der Waals surface area contributed by atoms with Crippen LogP contribution in [-0.2, 0) is 10.2 Å². The van der Waals surface area contributed by atoms with Gasteiger partial charge in [0.15, 0.2) is 0 Å². The van der Waals surface area contributed by atoms with Crippen molar-refractivity contribution in [3.63, 3.8) is 0 Å². The van der Waals surface area contributed by atoms with Gasteiger partial charge in [0.2, 0.25) is 5.91 Å². The highest BCUT2D eigenvalue weighted by Crippen LogP contribution is 2.39. The molecule has 0 N–H and O–H groups in total. The topological polar surface area (TPSA) is 32.7 Å². The van der Waals surface area contributed by atoms with Crippen molar-refractivity contribution < 1.29 is 4.79 Å². The maximum Gasteiger partial charge on any atom is 0.242 e. The Kier molecular flexibility index (Phi) is 9.06. The highest BCUT2D eigenvalue weighted by atomic mass is 35.5. The third-order valence-corrected chi connectivity index (χ3v) is 5.90. The molecule has 4 heteroatoms. The second kappa shape index (κ2) is 11.3. The van der Waals surface area contributed by atoms with E-state index in [0.29, 0.717) is 0 Å². The zero-order valence-electron chi connectivity index (χ0n) is 17.6. The van der Waals surface area contributed by atoms with Gasteiger partial charge >= 0.3 is 0 Å². The summed E-state index contributed by atoms with van der Waals surface area (Å²) in [7, 11) is 0. The molecule has 1 aliphatic heterocycles. The number of hydrogen-bond acceptors (Lipinski definition) is 2. The van der Waals surface area contributed by atoms with Crippen LogP contribution in [-0.4, -0.2) is 36.2 Å². The quantitative estimate of drug-likeness (QED) is 0.549. The highest BCUT2D eigenvalue weighted by molar-refractivity contribution is 6.03. The number of rotatable bonds is 7. The van der Waals surface area contributed by atoms with Gasteiger partial charge in [0.1, 0.15) is 0 Å². The fraction of sp³-hybridized carbons (Fsp3) is 0.440. The number of benzene rings is 2. The third-order valence-electron chi connectivity index (χ3n) is 5.90. The van der Waals surface area contributed by atoms with Crippen LogP contribution >= 0.6 is 12.4 Å². The van der Waals surface area contributed by atoms with Gasteiger partial charge in [-0.2, -0.15) is 0 Å². The summed E-state index contributed by atoms with van der Waals surface area (Å²) in [5.41, 5.74) is 3.04. The van der Waals surface area contributed by atoms with Crippen LogP contribution in [0.5, 0.6) is 0 Å². The van der Waals surface area contributed by atoms with Crippen LogP contribution in [0.3, 0.4) is 0 Å². The first-order valence-electron chi connectivity index (χ1n) is 10.6. The summed E-state index contributed by atoms with van der Waals surface area (Å²) in [6.07, 6.45) is 5.59. The van der Waals surface area contributed by atoms with E-state index in [-0.39, 0.29) is 23.7 Å². The summed E-state index contributed by atoms with van der Waals surface area (Å²) >= 11 is 0. The Morgan fingerprint density at radius 2 is 1.45 bits per heavy atom. The van der Waals surface area contributed by atoms with Crippen molar-refractivity contribution in [2.45, 2.75) is 51.4 Å². The van der Waals surface area contributed by atoms with E-state index in [1.54, 1.807) is 6.92 Å². The summed E-state index contributed by atoms with van der Waals surface area (Å²) in [5, 5.41) is 0. The molecule has 0 unspecified atom stereocenters. The molecular weight excluding hydrogens is 380 g/mol. The van der Waals surface area contributed by atoms with E-state index >= 15 is 0 Å². The largest absolute Gasteiger partial charge is 0.303 e. The van der Waals surface area contributed by atoms with Crippen LogP contribution in [0.4, 0.5) is 0 Å². The van der Waals surface area contributed by atoms with Crippen molar-refractivity contribution in [3.8, 4) is 0 Å². The molecule has 2 aromatic rings. The molecule has 3 rings (SSSR count). The molecule has 29 heavy (non-hydrogen) atoms. The predicted octanol–water partition coefficient (Wildman–Crippen LogP) is 5.67. The van der Waals surface area contributed by atoms with Crippen LogP contribution in [0.25, 0.3) is 0 Å². The molecule has 0 saturated carbocycles.